The van der Waals surface area contributed by atoms with Crippen LogP contribution in [0.15, 0.2) is 0 Å². The molecule has 0 aromatic rings. The van der Waals surface area contributed by atoms with E-state index in [1.54, 1.807) is 0 Å². The highest BCUT2D eigenvalue weighted by Crippen LogP contribution is 2.27. The lowest BCUT2D eigenvalue weighted by Crippen LogP contribution is -2.48. The molecule has 0 bridgehead atoms. The third-order valence-corrected chi connectivity index (χ3v) is 2.73. The summed E-state index contributed by atoms with van der Waals surface area (Å²) in [7, 11) is 0. The third-order valence-electron chi connectivity index (χ3n) is 2.73. The van der Waals surface area contributed by atoms with Gasteiger partial charge in [0, 0.05) is 6.54 Å². The average molecular weight is 215 g/mol. The van der Waals surface area contributed by atoms with E-state index in [1.807, 2.05) is 0 Å². The minimum atomic E-state index is -1.27. The van der Waals surface area contributed by atoms with Crippen LogP contribution in [-0.4, -0.2) is 34.2 Å². The van der Waals surface area contributed by atoms with Crippen LogP contribution in [0.3, 0.4) is 0 Å². The molecule has 0 aliphatic heterocycles. The van der Waals surface area contributed by atoms with E-state index in [0.29, 0.717) is 12.8 Å². The molecule has 1 amide bonds. The lowest BCUT2D eigenvalue weighted by atomic mass is 9.84. The molecule has 0 heterocycles. The van der Waals surface area contributed by atoms with Crippen molar-refractivity contribution < 1.29 is 19.8 Å². The first-order chi connectivity index (χ1) is 7.04. The minimum Gasteiger partial charge on any atom is -0.481 e. The summed E-state index contributed by atoms with van der Waals surface area (Å²) in [4.78, 5) is 21.8. The fourth-order valence-electron chi connectivity index (χ4n) is 1.81. The summed E-state index contributed by atoms with van der Waals surface area (Å²) in [5.74, 6) is -1.38. The van der Waals surface area contributed by atoms with Crippen LogP contribution >= 0.6 is 0 Å². The fraction of sp³-hybridized carbons (Fsp3) is 0.800. The number of amides is 1. The topological polar surface area (TPSA) is 86.6 Å². The molecule has 0 unspecified atom stereocenters. The third kappa shape index (κ3) is 3.51. The Balaban J connectivity index is 2.34. The Morgan fingerprint density at radius 1 is 1.20 bits per heavy atom. The summed E-state index contributed by atoms with van der Waals surface area (Å²) < 4.78 is 0. The number of carbonyl (C=O) groups excluding carboxylic acids is 1. The predicted molar refractivity (Wildman–Crippen MR) is 53.3 cm³/mol. The quantitative estimate of drug-likeness (QED) is 0.628. The standard InChI is InChI=1S/C10H17NO4/c12-8(13)4-7-11-9(14)10(15)5-2-1-3-6-10/h15H,1-7H2,(H,11,14)(H,12,13). The molecule has 1 aliphatic rings. The van der Waals surface area contributed by atoms with Crippen LogP contribution in [0.25, 0.3) is 0 Å². The lowest BCUT2D eigenvalue weighted by molar-refractivity contribution is -0.143. The summed E-state index contributed by atoms with van der Waals surface area (Å²) in [6, 6.07) is 0. The zero-order valence-electron chi connectivity index (χ0n) is 8.66. The van der Waals surface area contributed by atoms with Crippen LogP contribution < -0.4 is 5.32 Å². The second kappa shape index (κ2) is 5.11. The maximum Gasteiger partial charge on any atom is 0.305 e. The monoisotopic (exact) mass is 215 g/mol. The molecule has 0 atom stereocenters. The minimum absolute atomic E-state index is 0.0798. The zero-order valence-corrected chi connectivity index (χ0v) is 8.66. The maximum atomic E-state index is 11.5. The molecule has 0 saturated heterocycles. The van der Waals surface area contributed by atoms with Gasteiger partial charge in [-0.1, -0.05) is 19.3 Å². The molecule has 1 aliphatic carbocycles. The van der Waals surface area contributed by atoms with Gasteiger partial charge in [0.15, 0.2) is 0 Å². The van der Waals surface area contributed by atoms with Gasteiger partial charge >= 0.3 is 5.97 Å². The van der Waals surface area contributed by atoms with Crippen LogP contribution in [0.4, 0.5) is 0 Å². The number of hydrogen-bond donors (Lipinski definition) is 3. The molecule has 5 heteroatoms. The normalized spacial score (nSPS) is 19.5. The molecule has 3 N–H and O–H groups in total. The van der Waals surface area contributed by atoms with Crippen molar-refractivity contribution in [1.82, 2.24) is 5.32 Å². The van der Waals surface area contributed by atoms with Gasteiger partial charge in [0.05, 0.1) is 6.42 Å². The van der Waals surface area contributed by atoms with Gasteiger partial charge in [-0.25, -0.2) is 0 Å². The van der Waals surface area contributed by atoms with Gasteiger partial charge in [0.2, 0.25) is 0 Å². The second-order valence-corrected chi connectivity index (χ2v) is 3.99. The second-order valence-electron chi connectivity index (χ2n) is 3.99. The smallest absolute Gasteiger partial charge is 0.305 e. The van der Waals surface area contributed by atoms with Crippen molar-refractivity contribution in [2.45, 2.75) is 44.1 Å². The highest BCUT2D eigenvalue weighted by atomic mass is 16.4. The van der Waals surface area contributed by atoms with Crippen molar-refractivity contribution in [3.63, 3.8) is 0 Å². The number of hydrogen-bond acceptors (Lipinski definition) is 3. The largest absolute Gasteiger partial charge is 0.481 e. The molecule has 1 rings (SSSR count). The molecule has 1 fully saturated rings. The molecule has 0 aromatic carbocycles. The first-order valence-corrected chi connectivity index (χ1v) is 5.27. The number of aliphatic carboxylic acids is 1. The van der Waals surface area contributed by atoms with Crippen molar-refractivity contribution >= 4 is 11.9 Å². The van der Waals surface area contributed by atoms with E-state index in [9.17, 15) is 14.7 Å². The molecule has 0 radical (unpaired) electrons. The molecule has 1 saturated carbocycles. The van der Waals surface area contributed by atoms with Crippen LogP contribution in [0.2, 0.25) is 0 Å². The summed E-state index contributed by atoms with van der Waals surface area (Å²) in [5.41, 5.74) is -1.27. The Bertz CT molecular complexity index is 246. The molecular formula is C10H17NO4. The fourth-order valence-corrected chi connectivity index (χ4v) is 1.81. The molecule has 15 heavy (non-hydrogen) atoms. The van der Waals surface area contributed by atoms with Gasteiger partial charge < -0.3 is 15.5 Å². The number of nitrogens with one attached hydrogen (secondary N) is 1. The molecule has 86 valence electrons. The van der Waals surface area contributed by atoms with Crippen LogP contribution in [0, 0.1) is 0 Å². The molecule has 0 spiro atoms. The number of carboxylic acids is 1. The Morgan fingerprint density at radius 3 is 2.33 bits per heavy atom. The number of aliphatic hydroxyl groups is 1. The Morgan fingerprint density at radius 2 is 1.80 bits per heavy atom. The van der Waals surface area contributed by atoms with Crippen molar-refractivity contribution in [3.05, 3.63) is 0 Å². The van der Waals surface area contributed by atoms with E-state index in [1.165, 1.54) is 0 Å². The first kappa shape index (κ1) is 12.0. The van der Waals surface area contributed by atoms with Gasteiger partial charge in [0.25, 0.3) is 5.91 Å². The summed E-state index contributed by atoms with van der Waals surface area (Å²) in [6.07, 6.45) is 3.59. The molecule has 5 nitrogen and oxygen atoms in total. The van der Waals surface area contributed by atoms with Gasteiger partial charge in [0.1, 0.15) is 5.60 Å². The van der Waals surface area contributed by atoms with E-state index in [0.717, 1.165) is 19.3 Å². The van der Waals surface area contributed by atoms with E-state index in [4.69, 9.17) is 5.11 Å². The predicted octanol–water partition coefficient (Wildman–Crippen LogP) is 0.272. The molecule has 0 aromatic heterocycles. The van der Waals surface area contributed by atoms with Crippen LogP contribution in [0.5, 0.6) is 0 Å². The highest BCUT2D eigenvalue weighted by Gasteiger charge is 2.36. The SMILES string of the molecule is O=C(O)CCNC(=O)C1(O)CCCCC1. The average Bonchev–Trinajstić information content (AvgIpc) is 2.18. The highest BCUT2D eigenvalue weighted by molar-refractivity contribution is 5.85. The van der Waals surface area contributed by atoms with E-state index in [2.05, 4.69) is 5.32 Å². The number of carboxylic acid groups (broad SMARTS) is 1. The Labute approximate surface area is 88.5 Å². The van der Waals surface area contributed by atoms with Gasteiger partial charge in [-0.05, 0) is 12.8 Å². The van der Waals surface area contributed by atoms with Crippen molar-refractivity contribution in [3.8, 4) is 0 Å². The van der Waals surface area contributed by atoms with E-state index < -0.39 is 17.5 Å². The summed E-state index contributed by atoms with van der Waals surface area (Å²) in [6.45, 7) is 0.0798. The van der Waals surface area contributed by atoms with Crippen molar-refractivity contribution in [1.29, 1.82) is 0 Å². The zero-order chi connectivity index (χ0) is 11.3. The Kier molecular flexibility index (Phi) is 4.08. The maximum absolute atomic E-state index is 11.5. The van der Waals surface area contributed by atoms with E-state index in [-0.39, 0.29) is 13.0 Å². The van der Waals surface area contributed by atoms with Crippen molar-refractivity contribution in [2.24, 2.45) is 0 Å². The van der Waals surface area contributed by atoms with Crippen LogP contribution in [0.1, 0.15) is 38.5 Å². The number of rotatable bonds is 4. The summed E-state index contributed by atoms with van der Waals surface area (Å²) >= 11 is 0. The summed E-state index contributed by atoms with van der Waals surface area (Å²) in [5, 5.41) is 20.8. The lowest BCUT2D eigenvalue weighted by Gasteiger charge is -2.30. The Hall–Kier alpha value is -1.10. The van der Waals surface area contributed by atoms with Gasteiger partial charge in [-0.3, -0.25) is 9.59 Å². The van der Waals surface area contributed by atoms with E-state index >= 15 is 0 Å². The van der Waals surface area contributed by atoms with Crippen LogP contribution in [-0.2, 0) is 9.59 Å². The number of carbonyl (C=O) groups is 2. The van der Waals surface area contributed by atoms with Gasteiger partial charge in [-0.2, -0.15) is 0 Å². The van der Waals surface area contributed by atoms with Gasteiger partial charge in [-0.15, -0.1) is 0 Å². The molecular weight excluding hydrogens is 198 g/mol. The van der Waals surface area contributed by atoms with Crippen molar-refractivity contribution in [2.75, 3.05) is 6.54 Å². The first-order valence-electron chi connectivity index (χ1n) is 5.27.